The number of fused-ring (bicyclic) bond motifs is 2. The molecule has 3 aromatic rings. The van der Waals surface area contributed by atoms with Crippen molar-refractivity contribution in [2.24, 2.45) is 0 Å². The van der Waals surface area contributed by atoms with Crippen LogP contribution in [0.2, 0.25) is 0 Å². The highest BCUT2D eigenvalue weighted by Crippen LogP contribution is 2.31. The van der Waals surface area contributed by atoms with E-state index in [2.05, 4.69) is 41.9 Å². The Morgan fingerprint density at radius 2 is 1.85 bits per heavy atom. The van der Waals surface area contributed by atoms with Crippen molar-refractivity contribution in [1.29, 1.82) is 0 Å². The Hall–Kier alpha value is -2.87. The van der Waals surface area contributed by atoms with Crippen LogP contribution in [0.3, 0.4) is 0 Å². The van der Waals surface area contributed by atoms with Crippen LogP contribution in [-0.2, 0) is 6.54 Å². The molecule has 5 rings (SSSR count). The molecule has 2 aliphatic heterocycles. The second-order valence-corrected chi connectivity index (χ2v) is 6.55. The highest BCUT2D eigenvalue weighted by molar-refractivity contribution is 5.69. The van der Waals surface area contributed by atoms with Gasteiger partial charge in [-0.3, -0.25) is 4.90 Å². The van der Waals surface area contributed by atoms with Gasteiger partial charge in [-0.25, -0.2) is 9.97 Å². The standard InChI is InChI=1S/C18H20N6O2/c1-2-15-16(26-8-7-25-15)9-13(1)11-23-3-5-24(6-4-23)18-19-10-14-17(22-18)21-12-20-14/h1-2,9-10,12H,3-8,11H2,(H,19,20,21,22). The number of nitrogens with one attached hydrogen (secondary N) is 1. The van der Waals surface area contributed by atoms with E-state index in [9.17, 15) is 0 Å². The molecule has 134 valence electrons. The van der Waals surface area contributed by atoms with Gasteiger partial charge in [0.2, 0.25) is 5.95 Å². The van der Waals surface area contributed by atoms with E-state index in [4.69, 9.17) is 9.47 Å². The Morgan fingerprint density at radius 1 is 1.00 bits per heavy atom. The lowest BCUT2D eigenvalue weighted by atomic mass is 10.1. The number of anilines is 1. The number of H-pyrrole nitrogens is 1. The van der Waals surface area contributed by atoms with Gasteiger partial charge in [0.15, 0.2) is 17.1 Å². The molecule has 4 heterocycles. The Morgan fingerprint density at radius 3 is 2.73 bits per heavy atom. The smallest absolute Gasteiger partial charge is 0.227 e. The van der Waals surface area contributed by atoms with Crippen LogP contribution in [0.15, 0.2) is 30.7 Å². The van der Waals surface area contributed by atoms with Crippen LogP contribution < -0.4 is 14.4 Å². The molecular weight excluding hydrogens is 332 g/mol. The molecule has 8 heteroatoms. The number of imidazole rings is 1. The average molecular weight is 352 g/mol. The van der Waals surface area contributed by atoms with Gasteiger partial charge in [0.25, 0.3) is 0 Å². The van der Waals surface area contributed by atoms with E-state index in [1.807, 2.05) is 6.07 Å². The number of aromatic amines is 1. The topological polar surface area (TPSA) is 79.4 Å². The van der Waals surface area contributed by atoms with Gasteiger partial charge >= 0.3 is 0 Å². The number of aromatic nitrogens is 4. The lowest BCUT2D eigenvalue weighted by molar-refractivity contribution is 0.171. The summed E-state index contributed by atoms with van der Waals surface area (Å²) in [6.45, 7) is 5.90. The van der Waals surface area contributed by atoms with E-state index in [-0.39, 0.29) is 0 Å². The van der Waals surface area contributed by atoms with Crippen molar-refractivity contribution in [3.63, 3.8) is 0 Å². The Balaban J connectivity index is 1.23. The zero-order valence-electron chi connectivity index (χ0n) is 14.4. The average Bonchev–Trinajstić information content (AvgIpc) is 3.16. The maximum Gasteiger partial charge on any atom is 0.227 e. The maximum atomic E-state index is 5.68. The molecule has 2 aliphatic rings. The van der Waals surface area contributed by atoms with Gasteiger partial charge in [-0.1, -0.05) is 6.07 Å². The fourth-order valence-corrected chi connectivity index (χ4v) is 3.43. The van der Waals surface area contributed by atoms with Crippen molar-refractivity contribution in [3.8, 4) is 11.5 Å². The molecule has 26 heavy (non-hydrogen) atoms. The summed E-state index contributed by atoms with van der Waals surface area (Å²) in [5, 5.41) is 0. The van der Waals surface area contributed by atoms with E-state index >= 15 is 0 Å². The summed E-state index contributed by atoms with van der Waals surface area (Å²) in [5.74, 6) is 2.45. The van der Waals surface area contributed by atoms with Crippen LogP contribution in [0.4, 0.5) is 5.95 Å². The van der Waals surface area contributed by atoms with Gasteiger partial charge in [-0.15, -0.1) is 0 Å². The minimum Gasteiger partial charge on any atom is -0.486 e. The van der Waals surface area contributed by atoms with Crippen LogP contribution in [0.1, 0.15) is 5.56 Å². The summed E-state index contributed by atoms with van der Waals surface area (Å²) in [4.78, 5) is 20.9. The predicted molar refractivity (Wildman–Crippen MR) is 96.6 cm³/mol. The van der Waals surface area contributed by atoms with Crippen LogP contribution in [0.25, 0.3) is 11.2 Å². The van der Waals surface area contributed by atoms with E-state index in [0.717, 1.165) is 55.7 Å². The molecule has 0 saturated carbocycles. The maximum absolute atomic E-state index is 5.68. The van der Waals surface area contributed by atoms with Crippen molar-refractivity contribution in [2.75, 3.05) is 44.3 Å². The first-order valence-electron chi connectivity index (χ1n) is 8.87. The zero-order valence-corrected chi connectivity index (χ0v) is 14.4. The van der Waals surface area contributed by atoms with E-state index < -0.39 is 0 Å². The van der Waals surface area contributed by atoms with Crippen LogP contribution in [0.5, 0.6) is 11.5 Å². The number of benzene rings is 1. The summed E-state index contributed by atoms with van der Waals surface area (Å²) in [5.41, 5.74) is 2.83. The van der Waals surface area contributed by atoms with Gasteiger partial charge in [0.05, 0.1) is 12.5 Å². The molecule has 0 unspecified atom stereocenters. The molecule has 1 aromatic carbocycles. The first kappa shape index (κ1) is 15.4. The molecule has 1 saturated heterocycles. The molecule has 0 radical (unpaired) electrons. The highest BCUT2D eigenvalue weighted by atomic mass is 16.6. The third kappa shape index (κ3) is 2.92. The Bertz CT molecular complexity index is 919. The molecule has 1 fully saturated rings. The van der Waals surface area contributed by atoms with Crippen molar-refractivity contribution >= 4 is 17.1 Å². The molecule has 0 atom stereocenters. The zero-order chi connectivity index (χ0) is 17.3. The van der Waals surface area contributed by atoms with Gasteiger partial charge in [0, 0.05) is 32.7 Å². The minimum atomic E-state index is 0.621. The van der Waals surface area contributed by atoms with Gasteiger partial charge in [-0.05, 0) is 17.7 Å². The lowest BCUT2D eigenvalue weighted by Crippen LogP contribution is -2.46. The summed E-state index contributed by atoms with van der Waals surface area (Å²) in [6.07, 6.45) is 3.45. The molecule has 0 aliphatic carbocycles. The summed E-state index contributed by atoms with van der Waals surface area (Å²) < 4.78 is 11.3. The first-order valence-corrected chi connectivity index (χ1v) is 8.87. The van der Waals surface area contributed by atoms with Crippen LogP contribution in [-0.4, -0.2) is 64.2 Å². The second kappa shape index (κ2) is 6.45. The van der Waals surface area contributed by atoms with Gasteiger partial charge < -0.3 is 19.4 Å². The van der Waals surface area contributed by atoms with Crippen LogP contribution in [0, 0.1) is 0 Å². The van der Waals surface area contributed by atoms with Crippen molar-refractivity contribution in [2.45, 2.75) is 6.54 Å². The number of piperazine rings is 1. The Labute approximate surface area is 150 Å². The number of ether oxygens (including phenoxy) is 2. The molecule has 8 nitrogen and oxygen atoms in total. The normalized spacial score (nSPS) is 17.6. The molecule has 2 aromatic heterocycles. The van der Waals surface area contributed by atoms with Crippen molar-refractivity contribution < 1.29 is 9.47 Å². The molecule has 1 N–H and O–H groups in total. The number of hydrogen-bond acceptors (Lipinski definition) is 7. The third-order valence-electron chi connectivity index (χ3n) is 4.83. The largest absolute Gasteiger partial charge is 0.486 e. The molecule has 0 spiro atoms. The van der Waals surface area contributed by atoms with Crippen molar-refractivity contribution in [1.82, 2.24) is 24.8 Å². The number of hydrogen-bond donors (Lipinski definition) is 1. The van der Waals surface area contributed by atoms with Crippen LogP contribution >= 0.6 is 0 Å². The van der Waals surface area contributed by atoms with E-state index in [0.29, 0.717) is 18.9 Å². The van der Waals surface area contributed by atoms with E-state index in [1.54, 1.807) is 12.5 Å². The molecule has 0 bridgehead atoms. The Kier molecular flexibility index (Phi) is 3.82. The summed E-state index contributed by atoms with van der Waals surface area (Å²) >= 11 is 0. The fraction of sp³-hybridized carbons (Fsp3) is 0.389. The second-order valence-electron chi connectivity index (χ2n) is 6.55. The SMILES string of the molecule is c1nc2nc(N3CCN(Cc4ccc5c(c4)OCCO5)CC3)ncc2[nH]1. The monoisotopic (exact) mass is 352 g/mol. The first-order chi connectivity index (χ1) is 12.8. The minimum absolute atomic E-state index is 0.621. The van der Waals surface area contributed by atoms with Crippen molar-refractivity contribution in [3.05, 3.63) is 36.3 Å². The predicted octanol–water partition coefficient (Wildman–Crippen LogP) is 1.45. The lowest BCUT2D eigenvalue weighted by Gasteiger charge is -2.34. The van der Waals surface area contributed by atoms with Gasteiger partial charge in [0.1, 0.15) is 18.7 Å². The highest BCUT2D eigenvalue weighted by Gasteiger charge is 2.20. The van der Waals surface area contributed by atoms with Gasteiger partial charge in [-0.2, -0.15) is 4.98 Å². The summed E-state index contributed by atoms with van der Waals surface area (Å²) in [6, 6.07) is 6.22. The fourth-order valence-electron chi connectivity index (χ4n) is 3.43. The molecule has 0 amide bonds. The number of rotatable bonds is 3. The quantitative estimate of drug-likeness (QED) is 0.764. The van der Waals surface area contributed by atoms with E-state index in [1.165, 1.54) is 5.56 Å². The summed E-state index contributed by atoms with van der Waals surface area (Å²) in [7, 11) is 0. The number of nitrogens with zero attached hydrogens (tertiary/aromatic N) is 5. The third-order valence-corrected chi connectivity index (χ3v) is 4.83. The molecular formula is C18H20N6O2.